The van der Waals surface area contributed by atoms with E-state index in [0.717, 1.165) is 24.0 Å². The standard InChI is InChI=1S/C13H12F3NOS/c1-2-8-4-6-19-12(8)11(18)9-7-17-5-3-10(9)13(14,15)16/h3-7,11,18H,2H2,1H3. The van der Waals surface area contributed by atoms with Gasteiger partial charge in [-0.15, -0.1) is 11.3 Å². The molecule has 0 aliphatic rings. The summed E-state index contributed by atoms with van der Waals surface area (Å²) in [4.78, 5) is 4.23. The number of pyridine rings is 1. The summed E-state index contributed by atoms with van der Waals surface area (Å²) in [6, 6.07) is 2.70. The van der Waals surface area contributed by atoms with Crippen LogP contribution >= 0.6 is 11.3 Å². The molecule has 2 rings (SSSR count). The number of aryl methyl sites for hydroxylation is 1. The maximum atomic E-state index is 12.9. The number of aromatic nitrogens is 1. The molecule has 0 amide bonds. The molecule has 2 aromatic rings. The van der Waals surface area contributed by atoms with Crippen LogP contribution < -0.4 is 0 Å². The number of aliphatic hydroxyl groups is 1. The summed E-state index contributed by atoms with van der Waals surface area (Å²) >= 11 is 1.25. The molecule has 0 aliphatic carbocycles. The molecule has 0 spiro atoms. The van der Waals surface area contributed by atoms with E-state index in [2.05, 4.69) is 4.98 Å². The van der Waals surface area contributed by atoms with Crippen LogP contribution in [0.5, 0.6) is 0 Å². The monoisotopic (exact) mass is 287 g/mol. The molecule has 0 saturated heterocycles. The molecule has 1 N–H and O–H groups in total. The van der Waals surface area contributed by atoms with Gasteiger partial charge in [0.2, 0.25) is 0 Å². The molecule has 0 radical (unpaired) electrons. The fraction of sp³-hybridized carbons (Fsp3) is 0.308. The summed E-state index contributed by atoms with van der Waals surface area (Å²) in [5, 5.41) is 12.0. The zero-order chi connectivity index (χ0) is 14.0. The molecule has 1 atom stereocenters. The summed E-state index contributed by atoms with van der Waals surface area (Å²) in [6.45, 7) is 1.90. The topological polar surface area (TPSA) is 33.1 Å². The molecule has 19 heavy (non-hydrogen) atoms. The predicted octanol–water partition coefficient (Wildman–Crippen LogP) is 3.81. The first-order valence-electron chi connectivity index (χ1n) is 5.70. The van der Waals surface area contributed by atoms with Crippen molar-refractivity contribution in [2.24, 2.45) is 0 Å². The second-order valence-electron chi connectivity index (χ2n) is 4.03. The van der Waals surface area contributed by atoms with Crippen molar-refractivity contribution in [3.05, 3.63) is 51.5 Å². The van der Waals surface area contributed by atoms with Crippen LogP contribution in [0.2, 0.25) is 0 Å². The predicted molar refractivity (Wildman–Crippen MR) is 67.0 cm³/mol. The van der Waals surface area contributed by atoms with E-state index >= 15 is 0 Å². The molecular formula is C13H12F3NOS. The highest BCUT2D eigenvalue weighted by atomic mass is 32.1. The molecule has 1 unspecified atom stereocenters. The van der Waals surface area contributed by atoms with Gasteiger partial charge in [0.1, 0.15) is 6.10 Å². The van der Waals surface area contributed by atoms with Gasteiger partial charge in [-0.05, 0) is 29.5 Å². The fourth-order valence-electron chi connectivity index (χ4n) is 1.90. The first kappa shape index (κ1) is 14.0. The summed E-state index contributed by atoms with van der Waals surface area (Å²) in [5.41, 5.74) is -0.188. The Morgan fingerprint density at radius 2 is 2.11 bits per heavy atom. The molecule has 0 aliphatic heterocycles. The van der Waals surface area contributed by atoms with Gasteiger partial charge in [-0.25, -0.2) is 0 Å². The molecule has 0 bridgehead atoms. The van der Waals surface area contributed by atoms with Crippen molar-refractivity contribution in [1.82, 2.24) is 4.98 Å². The molecule has 2 nitrogen and oxygen atoms in total. The second kappa shape index (κ2) is 5.30. The minimum atomic E-state index is -4.50. The van der Waals surface area contributed by atoms with E-state index in [1.807, 2.05) is 13.0 Å². The van der Waals surface area contributed by atoms with Crippen LogP contribution in [0.25, 0.3) is 0 Å². The van der Waals surface area contributed by atoms with E-state index in [9.17, 15) is 18.3 Å². The minimum Gasteiger partial charge on any atom is -0.383 e. The van der Waals surface area contributed by atoms with Crippen molar-refractivity contribution in [1.29, 1.82) is 0 Å². The van der Waals surface area contributed by atoms with Crippen LogP contribution in [0.15, 0.2) is 29.9 Å². The summed E-state index contributed by atoms with van der Waals surface area (Å²) in [5.74, 6) is 0. The van der Waals surface area contributed by atoms with Gasteiger partial charge in [0.05, 0.1) is 5.56 Å². The average molecular weight is 287 g/mol. The Bertz CT molecular complexity index is 565. The smallest absolute Gasteiger partial charge is 0.383 e. The van der Waals surface area contributed by atoms with Gasteiger partial charge in [0.15, 0.2) is 0 Å². The highest BCUT2D eigenvalue weighted by Crippen LogP contribution is 2.38. The number of halogens is 3. The molecule has 6 heteroatoms. The first-order valence-corrected chi connectivity index (χ1v) is 6.58. The van der Waals surface area contributed by atoms with Crippen LogP contribution in [0.3, 0.4) is 0 Å². The van der Waals surface area contributed by atoms with E-state index in [1.54, 1.807) is 5.38 Å². The Kier molecular flexibility index (Phi) is 3.91. The first-order chi connectivity index (χ1) is 8.95. The zero-order valence-electron chi connectivity index (χ0n) is 10.1. The number of rotatable bonds is 3. The maximum Gasteiger partial charge on any atom is 0.416 e. The van der Waals surface area contributed by atoms with Crippen LogP contribution in [0.1, 0.15) is 34.6 Å². The van der Waals surface area contributed by atoms with E-state index in [4.69, 9.17) is 0 Å². The lowest BCUT2D eigenvalue weighted by atomic mass is 10.0. The van der Waals surface area contributed by atoms with E-state index in [-0.39, 0.29) is 5.56 Å². The van der Waals surface area contributed by atoms with Gasteiger partial charge in [0, 0.05) is 22.8 Å². The molecule has 102 valence electrons. The molecule has 0 saturated carbocycles. The van der Waals surface area contributed by atoms with Crippen molar-refractivity contribution in [2.45, 2.75) is 25.6 Å². The van der Waals surface area contributed by atoms with Crippen LogP contribution in [0.4, 0.5) is 13.2 Å². The third-order valence-corrected chi connectivity index (χ3v) is 3.87. The van der Waals surface area contributed by atoms with Crippen molar-refractivity contribution in [3.63, 3.8) is 0 Å². The lowest BCUT2D eigenvalue weighted by Gasteiger charge is -2.17. The lowest BCUT2D eigenvalue weighted by molar-refractivity contribution is -0.139. The van der Waals surface area contributed by atoms with Crippen molar-refractivity contribution < 1.29 is 18.3 Å². The fourth-order valence-corrected chi connectivity index (χ4v) is 2.90. The van der Waals surface area contributed by atoms with Gasteiger partial charge in [-0.2, -0.15) is 13.2 Å². The number of nitrogens with zero attached hydrogens (tertiary/aromatic N) is 1. The van der Waals surface area contributed by atoms with Crippen molar-refractivity contribution >= 4 is 11.3 Å². The quantitative estimate of drug-likeness (QED) is 0.931. The van der Waals surface area contributed by atoms with E-state index < -0.39 is 17.8 Å². The highest BCUT2D eigenvalue weighted by Gasteiger charge is 2.35. The van der Waals surface area contributed by atoms with Crippen molar-refractivity contribution in [2.75, 3.05) is 0 Å². The minimum absolute atomic E-state index is 0.202. The average Bonchev–Trinajstić information content (AvgIpc) is 2.85. The molecule has 2 heterocycles. The summed E-state index contributed by atoms with van der Waals surface area (Å²) < 4.78 is 38.7. The number of thiophene rings is 1. The molecular weight excluding hydrogens is 275 g/mol. The summed E-state index contributed by atoms with van der Waals surface area (Å²) in [6.07, 6.45) is -2.97. The highest BCUT2D eigenvalue weighted by molar-refractivity contribution is 7.10. The Hall–Kier alpha value is -1.40. The van der Waals surface area contributed by atoms with Crippen LogP contribution in [0, 0.1) is 0 Å². The van der Waals surface area contributed by atoms with Crippen molar-refractivity contribution in [3.8, 4) is 0 Å². The Morgan fingerprint density at radius 1 is 1.37 bits per heavy atom. The SMILES string of the molecule is CCc1ccsc1C(O)c1cnccc1C(F)(F)F. The third kappa shape index (κ3) is 2.79. The van der Waals surface area contributed by atoms with Gasteiger partial charge < -0.3 is 5.11 Å². The molecule has 0 aromatic carbocycles. The normalized spacial score (nSPS) is 13.5. The molecule has 2 aromatic heterocycles. The zero-order valence-corrected chi connectivity index (χ0v) is 10.9. The second-order valence-corrected chi connectivity index (χ2v) is 4.97. The van der Waals surface area contributed by atoms with E-state index in [1.165, 1.54) is 11.3 Å². The summed E-state index contributed by atoms with van der Waals surface area (Å²) in [7, 11) is 0. The van der Waals surface area contributed by atoms with E-state index in [0.29, 0.717) is 11.3 Å². The largest absolute Gasteiger partial charge is 0.416 e. The maximum absolute atomic E-state index is 12.9. The third-order valence-electron chi connectivity index (χ3n) is 2.86. The number of hydrogen-bond donors (Lipinski definition) is 1. The number of alkyl halides is 3. The van der Waals surface area contributed by atoms with Crippen LogP contribution in [-0.2, 0) is 12.6 Å². The molecule has 0 fully saturated rings. The van der Waals surface area contributed by atoms with Gasteiger partial charge in [0.25, 0.3) is 0 Å². The van der Waals surface area contributed by atoms with Gasteiger partial charge in [-0.1, -0.05) is 6.92 Å². The van der Waals surface area contributed by atoms with Gasteiger partial charge >= 0.3 is 6.18 Å². The number of hydrogen-bond acceptors (Lipinski definition) is 3. The Morgan fingerprint density at radius 3 is 2.74 bits per heavy atom. The number of aliphatic hydroxyl groups excluding tert-OH is 1. The van der Waals surface area contributed by atoms with Crippen LogP contribution in [-0.4, -0.2) is 10.1 Å². The Balaban J connectivity index is 2.48. The Labute approximate surface area is 112 Å². The van der Waals surface area contributed by atoms with Gasteiger partial charge in [-0.3, -0.25) is 4.98 Å². The lowest BCUT2D eigenvalue weighted by Crippen LogP contribution is -2.13.